The minimum absolute atomic E-state index is 0. The van der Waals surface area contributed by atoms with E-state index in [2.05, 4.69) is 39.6 Å². The van der Waals surface area contributed by atoms with Crippen molar-refractivity contribution in [2.45, 2.75) is 58.2 Å². The van der Waals surface area contributed by atoms with Gasteiger partial charge in [0.2, 0.25) is 0 Å². The highest BCUT2D eigenvalue weighted by molar-refractivity contribution is 7.09. The Hall–Kier alpha value is -1.01. The van der Waals surface area contributed by atoms with E-state index >= 15 is 0 Å². The minimum atomic E-state index is 0. The number of nitrogens with zero attached hydrogens (tertiary/aromatic N) is 3. The van der Waals surface area contributed by atoms with Crippen LogP contribution in [0.25, 0.3) is 0 Å². The second kappa shape index (κ2) is 10.9. The maximum absolute atomic E-state index is 4.84. The zero-order valence-electron chi connectivity index (χ0n) is 15.0. The van der Waals surface area contributed by atoms with Gasteiger partial charge in [-0.2, -0.15) is 0 Å². The van der Waals surface area contributed by atoms with Gasteiger partial charge in [-0.25, -0.2) is 4.98 Å². The quantitative estimate of drug-likeness (QED) is 0.786. The molecule has 0 amide bonds. The van der Waals surface area contributed by atoms with Crippen molar-refractivity contribution in [1.82, 2.24) is 20.2 Å². The molecule has 1 aliphatic heterocycles. The molecule has 1 N–H and O–H groups in total. The van der Waals surface area contributed by atoms with Crippen molar-refractivity contribution < 1.29 is 0 Å². The Labute approximate surface area is 161 Å². The fraction of sp³-hybridized carbons (Fsp3) is 0.579. The third-order valence-electron chi connectivity index (χ3n) is 4.60. The average Bonchev–Trinajstić information content (AvgIpc) is 2.87. The molecular weight excluding hydrogens is 352 g/mol. The van der Waals surface area contributed by atoms with E-state index in [4.69, 9.17) is 4.98 Å². The Kier molecular flexibility index (Phi) is 8.82. The third-order valence-corrected chi connectivity index (χ3v) is 5.48. The van der Waals surface area contributed by atoms with E-state index in [1.54, 1.807) is 0 Å². The van der Waals surface area contributed by atoms with Crippen LogP contribution >= 0.6 is 23.7 Å². The lowest BCUT2D eigenvalue weighted by molar-refractivity contribution is 0.162. The van der Waals surface area contributed by atoms with Gasteiger partial charge in [0.1, 0.15) is 5.01 Å². The summed E-state index contributed by atoms with van der Waals surface area (Å²) in [7, 11) is 0. The van der Waals surface area contributed by atoms with Crippen LogP contribution in [-0.2, 0) is 19.5 Å². The van der Waals surface area contributed by atoms with Crippen molar-refractivity contribution in [3.05, 3.63) is 46.2 Å². The van der Waals surface area contributed by atoms with Crippen LogP contribution < -0.4 is 5.32 Å². The van der Waals surface area contributed by atoms with E-state index in [1.807, 2.05) is 23.6 Å². The molecule has 0 spiro atoms. The molecule has 2 aromatic heterocycles. The predicted octanol–water partition coefficient (Wildman–Crippen LogP) is 4.06. The van der Waals surface area contributed by atoms with Gasteiger partial charge in [-0.15, -0.1) is 23.7 Å². The van der Waals surface area contributed by atoms with Crippen LogP contribution in [0.2, 0.25) is 0 Å². The highest BCUT2D eigenvalue weighted by Crippen LogP contribution is 2.21. The summed E-state index contributed by atoms with van der Waals surface area (Å²) in [5.41, 5.74) is 2.40. The van der Waals surface area contributed by atoms with Crippen molar-refractivity contribution >= 4 is 23.7 Å². The normalized spacial score (nSPS) is 17.9. The number of pyridine rings is 1. The molecule has 3 heterocycles. The molecule has 0 bridgehead atoms. The van der Waals surface area contributed by atoms with Gasteiger partial charge in [0.05, 0.1) is 17.9 Å². The molecule has 4 nitrogen and oxygen atoms in total. The molecule has 25 heavy (non-hydrogen) atoms. The molecular formula is C19H29ClN4S. The van der Waals surface area contributed by atoms with Crippen LogP contribution in [0, 0.1) is 0 Å². The Balaban J connectivity index is 0.00000225. The average molecular weight is 381 g/mol. The van der Waals surface area contributed by atoms with Gasteiger partial charge in [-0.05, 0) is 50.9 Å². The minimum Gasteiger partial charge on any atom is -0.317 e. The van der Waals surface area contributed by atoms with Gasteiger partial charge < -0.3 is 5.32 Å². The molecule has 0 radical (unpaired) electrons. The molecule has 0 aliphatic carbocycles. The molecule has 138 valence electrons. The number of halogens is 1. The van der Waals surface area contributed by atoms with E-state index in [1.165, 1.54) is 30.0 Å². The maximum Gasteiger partial charge on any atom is 0.107 e. The van der Waals surface area contributed by atoms with Crippen LogP contribution in [0.5, 0.6) is 0 Å². The molecule has 0 aromatic carbocycles. The lowest BCUT2D eigenvalue weighted by Gasteiger charge is -2.30. The lowest BCUT2D eigenvalue weighted by atomic mass is 10.1. The van der Waals surface area contributed by atoms with Gasteiger partial charge in [-0.1, -0.05) is 19.4 Å². The first kappa shape index (κ1) is 20.3. The highest BCUT2D eigenvalue weighted by Gasteiger charge is 2.22. The molecule has 1 fully saturated rings. The molecule has 0 saturated carbocycles. The van der Waals surface area contributed by atoms with Crippen molar-refractivity contribution in [1.29, 1.82) is 0 Å². The number of hydrogen-bond acceptors (Lipinski definition) is 5. The number of thiazole rings is 1. The Morgan fingerprint density at radius 3 is 2.92 bits per heavy atom. The van der Waals surface area contributed by atoms with Crippen LogP contribution in [0.15, 0.2) is 29.8 Å². The number of hydrogen-bond donors (Lipinski definition) is 1. The third kappa shape index (κ3) is 6.33. The monoisotopic (exact) mass is 380 g/mol. The SMILES string of the molecule is CCCc1csc(CN(Cc2ccccn2)C2CCCNCC2)n1.Cl. The largest absolute Gasteiger partial charge is 0.317 e. The summed E-state index contributed by atoms with van der Waals surface area (Å²) in [5, 5.41) is 7.00. The summed E-state index contributed by atoms with van der Waals surface area (Å²) < 4.78 is 0. The highest BCUT2D eigenvalue weighted by atomic mass is 35.5. The second-order valence-electron chi connectivity index (χ2n) is 6.54. The van der Waals surface area contributed by atoms with Gasteiger partial charge >= 0.3 is 0 Å². The first-order valence-corrected chi connectivity index (χ1v) is 10.0. The smallest absolute Gasteiger partial charge is 0.107 e. The van der Waals surface area contributed by atoms with E-state index in [9.17, 15) is 0 Å². The zero-order valence-corrected chi connectivity index (χ0v) is 16.6. The molecule has 1 unspecified atom stereocenters. The van der Waals surface area contributed by atoms with Crippen LogP contribution in [0.4, 0.5) is 0 Å². The molecule has 3 rings (SSSR count). The Morgan fingerprint density at radius 2 is 2.12 bits per heavy atom. The van der Waals surface area contributed by atoms with E-state index in [0.717, 1.165) is 44.7 Å². The zero-order chi connectivity index (χ0) is 16.6. The first-order valence-electron chi connectivity index (χ1n) is 9.13. The summed E-state index contributed by atoms with van der Waals surface area (Å²) in [6.45, 7) is 6.32. The van der Waals surface area contributed by atoms with Gasteiger partial charge in [0, 0.05) is 24.2 Å². The van der Waals surface area contributed by atoms with Crippen molar-refractivity contribution in [3.8, 4) is 0 Å². The fourth-order valence-electron chi connectivity index (χ4n) is 3.35. The summed E-state index contributed by atoms with van der Waals surface area (Å²) in [6, 6.07) is 6.81. The second-order valence-corrected chi connectivity index (χ2v) is 7.49. The van der Waals surface area contributed by atoms with Gasteiger partial charge in [0.25, 0.3) is 0 Å². The van der Waals surface area contributed by atoms with Crippen molar-refractivity contribution in [2.75, 3.05) is 13.1 Å². The summed E-state index contributed by atoms with van der Waals surface area (Å²) in [5.74, 6) is 0. The first-order chi connectivity index (χ1) is 11.8. The number of aromatic nitrogens is 2. The number of aryl methyl sites for hydroxylation is 1. The number of rotatable bonds is 7. The number of nitrogens with one attached hydrogen (secondary N) is 1. The Morgan fingerprint density at radius 1 is 1.20 bits per heavy atom. The Bertz CT molecular complexity index is 596. The van der Waals surface area contributed by atoms with Crippen LogP contribution in [0.3, 0.4) is 0 Å². The van der Waals surface area contributed by atoms with Crippen molar-refractivity contribution in [3.63, 3.8) is 0 Å². The van der Waals surface area contributed by atoms with Crippen molar-refractivity contribution in [2.24, 2.45) is 0 Å². The molecule has 1 atom stereocenters. The maximum atomic E-state index is 4.84. The molecule has 6 heteroatoms. The fourth-order valence-corrected chi connectivity index (χ4v) is 4.20. The lowest BCUT2D eigenvalue weighted by Crippen LogP contribution is -2.35. The van der Waals surface area contributed by atoms with E-state index < -0.39 is 0 Å². The van der Waals surface area contributed by atoms with Crippen LogP contribution in [0.1, 0.15) is 49.0 Å². The van der Waals surface area contributed by atoms with E-state index in [0.29, 0.717) is 6.04 Å². The molecule has 2 aromatic rings. The molecule has 1 aliphatic rings. The van der Waals surface area contributed by atoms with Crippen LogP contribution in [-0.4, -0.2) is 34.0 Å². The predicted molar refractivity (Wildman–Crippen MR) is 107 cm³/mol. The van der Waals surface area contributed by atoms with Gasteiger partial charge in [-0.3, -0.25) is 9.88 Å². The standard InChI is InChI=1S/C19H28N4S.ClH/c1-2-6-17-15-24-19(22-17)14-23(13-16-7-3-4-11-21-16)18-8-5-10-20-12-9-18;/h3-4,7,11,15,18,20H,2,5-6,8-10,12-14H2,1H3;1H. The summed E-state index contributed by atoms with van der Waals surface area (Å²) in [6.07, 6.45) is 7.86. The van der Waals surface area contributed by atoms with E-state index in [-0.39, 0.29) is 12.4 Å². The summed E-state index contributed by atoms with van der Waals surface area (Å²) in [4.78, 5) is 12.0. The topological polar surface area (TPSA) is 41.1 Å². The summed E-state index contributed by atoms with van der Waals surface area (Å²) >= 11 is 1.81. The van der Waals surface area contributed by atoms with Gasteiger partial charge in [0.15, 0.2) is 0 Å². The molecule has 1 saturated heterocycles.